The third-order valence-corrected chi connectivity index (χ3v) is 7.24. The van der Waals surface area contributed by atoms with E-state index in [4.69, 9.17) is 16.3 Å². The van der Waals surface area contributed by atoms with Crippen molar-refractivity contribution < 1.29 is 9.53 Å². The van der Waals surface area contributed by atoms with E-state index in [1.807, 2.05) is 40.0 Å². The molecule has 1 aliphatic carbocycles. The molecule has 0 atom stereocenters. The molecule has 2 amide bonds. The van der Waals surface area contributed by atoms with Gasteiger partial charge in [0.1, 0.15) is 5.75 Å². The number of ether oxygens (including phenoxy) is 1. The molecule has 2 aromatic carbocycles. The molecule has 2 aliphatic rings. The van der Waals surface area contributed by atoms with Crippen molar-refractivity contribution >= 4 is 29.0 Å². The van der Waals surface area contributed by atoms with Gasteiger partial charge >= 0.3 is 6.03 Å². The summed E-state index contributed by atoms with van der Waals surface area (Å²) in [6.45, 7) is 8.96. The molecule has 172 valence electrons. The van der Waals surface area contributed by atoms with E-state index in [1.165, 1.54) is 12.8 Å². The van der Waals surface area contributed by atoms with Gasteiger partial charge in [-0.05, 0) is 81.7 Å². The van der Waals surface area contributed by atoms with Crippen LogP contribution in [0, 0.1) is 26.7 Å². The lowest BCUT2D eigenvalue weighted by atomic mass is 9.82. The molecule has 1 saturated heterocycles. The summed E-state index contributed by atoms with van der Waals surface area (Å²) >= 11 is 6.67. The number of hydrogen-bond donors (Lipinski definition) is 1. The molecule has 32 heavy (non-hydrogen) atoms. The van der Waals surface area contributed by atoms with Gasteiger partial charge < -0.3 is 19.9 Å². The van der Waals surface area contributed by atoms with E-state index in [0.717, 1.165) is 71.3 Å². The van der Waals surface area contributed by atoms with Gasteiger partial charge in [-0.1, -0.05) is 23.7 Å². The minimum absolute atomic E-state index is 0.0665. The van der Waals surface area contributed by atoms with E-state index >= 15 is 0 Å². The first-order chi connectivity index (χ1) is 15.3. The molecule has 6 heteroatoms. The highest BCUT2D eigenvalue weighted by atomic mass is 35.5. The predicted molar refractivity (Wildman–Crippen MR) is 132 cm³/mol. The third-order valence-electron chi connectivity index (χ3n) is 6.76. The minimum Gasteiger partial charge on any atom is -0.490 e. The molecule has 4 rings (SSSR count). The van der Waals surface area contributed by atoms with Crippen LogP contribution < -0.4 is 15.0 Å². The van der Waals surface area contributed by atoms with Crippen molar-refractivity contribution in [1.82, 2.24) is 4.90 Å². The molecule has 1 N–H and O–H groups in total. The van der Waals surface area contributed by atoms with Gasteiger partial charge in [-0.2, -0.15) is 0 Å². The standard InChI is InChI=1S/C26H34ClN3O2/c1-17-7-8-18(2)22(13-17)28-26(31)29(4)16-20-14-21(15-20)32-24-10-9-23(25(27)19(24)3)30-11-5-6-12-30/h7-10,13,20-21H,5-6,11-12,14-16H2,1-4H3,(H,28,31). The summed E-state index contributed by atoms with van der Waals surface area (Å²) in [7, 11) is 1.86. The van der Waals surface area contributed by atoms with Gasteiger partial charge in [-0.25, -0.2) is 4.79 Å². The normalized spacial score (nSPS) is 20.1. The van der Waals surface area contributed by atoms with E-state index in [0.29, 0.717) is 5.92 Å². The average Bonchev–Trinajstić information content (AvgIpc) is 3.26. The fourth-order valence-electron chi connectivity index (χ4n) is 4.63. The maximum absolute atomic E-state index is 12.6. The van der Waals surface area contributed by atoms with E-state index in [2.05, 4.69) is 28.4 Å². The smallest absolute Gasteiger partial charge is 0.321 e. The predicted octanol–water partition coefficient (Wildman–Crippen LogP) is 6.19. The summed E-state index contributed by atoms with van der Waals surface area (Å²) in [6, 6.07) is 10.2. The molecule has 0 aromatic heterocycles. The van der Waals surface area contributed by atoms with Crippen molar-refractivity contribution in [3.63, 3.8) is 0 Å². The Balaban J connectivity index is 1.27. The molecule has 5 nitrogen and oxygen atoms in total. The van der Waals surface area contributed by atoms with Crippen molar-refractivity contribution in [2.24, 2.45) is 5.92 Å². The number of nitrogens with zero attached hydrogens (tertiary/aromatic N) is 2. The number of rotatable bonds is 6. The van der Waals surface area contributed by atoms with Crippen LogP contribution in [-0.2, 0) is 0 Å². The Morgan fingerprint density at radius 1 is 1.16 bits per heavy atom. The van der Waals surface area contributed by atoms with Crippen LogP contribution in [0.15, 0.2) is 30.3 Å². The first-order valence-electron chi connectivity index (χ1n) is 11.6. The Labute approximate surface area is 196 Å². The van der Waals surface area contributed by atoms with Gasteiger partial charge in [0, 0.05) is 37.9 Å². The number of benzene rings is 2. The molecule has 2 fully saturated rings. The Morgan fingerprint density at radius 3 is 2.59 bits per heavy atom. The van der Waals surface area contributed by atoms with E-state index < -0.39 is 0 Å². The minimum atomic E-state index is -0.0665. The van der Waals surface area contributed by atoms with Crippen LogP contribution in [0.5, 0.6) is 5.75 Å². The first kappa shape index (κ1) is 22.8. The van der Waals surface area contributed by atoms with Crippen LogP contribution in [0.3, 0.4) is 0 Å². The number of aryl methyl sites for hydroxylation is 2. The molecule has 1 heterocycles. The number of amides is 2. The van der Waals surface area contributed by atoms with Crippen LogP contribution in [0.2, 0.25) is 5.02 Å². The van der Waals surface area contributed by atoms with Crippen molar-refractivity contribution in [3.05, 3.63) is 52.0 Å². The fraction of sp³-hybridized carbons (Fsp3) is 0.500. The van der Waals surface area contributed by atoms with Gasteiger partial charge in [-0.3, -0.25) is 0 Å². The zero-order valence-corrected chi connectivity index (χ0v) is 20.3. The zero-order valence-electron chi connectivity index (χ0n) is 19.6. The Bertz CT molecular complexity index is 981. The van der Waals surface area contributed by atoms with Gasteiger partial charge in [0.2, 0.25) is 0 Å². The average molecular weight is 456 g/mol. The van der Waals surface area contributed by atoms with E-state index in [1.54, 1.807) is 4.90 Å². The van der Waals surface area contributed by atoms with Gasteiger partial charge in [-0.15, -0.1) is 0 Å². The van der Waals surface area contributed by atoms with Crippen LogP contribution in [0.1, 0.15) is 42.4 Å². The van der Waals surface area contributed by atoms with Crippen LogP contribution >= 0.6 is 11.6 Å². The first-order valence-corrected chi connectivity index (χ1v) is 12.0. The number of urea groups is 1. The number of hydrogen-bond acceptors (Lipinski definition) is 3. The van der Waals surface area contributed by atoms with Crippen LogP contribution in [0.25, 0.3) is 0 Å². The lowest BCUT2D eigenvalue weighted by molar-refractivity contribution is 0.0527. The van der Waals surface area contributed by atoms with E-state index in [-0.39, 0.29) is 12.1 Å². The van der Waals surface area contributed by atoms with Crippen LogP contribution in [-0.4, -0.2) is 43.7 Å². The number of anilines is 2. The lowest BCUT2D eigenvalue weighted by Gasteiger charge is -2.38. The summed E-state index contributed by atoms with van der Waals surface area (Å²) in [4.78, 5) is 16.7. The second-order valence-corrected chi connectivity index (χ2v) is 9.80. The number of carbonyl (C=O) groups excluding carboxylic acids is 1. The summed E-state index contributed by atoms with van der Waals surface area (Å²) in [5.74, 6) is 1.33. The summed E-state index contributed by atoms with van der Waals surface area (Å²) < 4.78 is 6.25. The highest BCUT2D eigenvalue weighted by Gasteiger charge is 2.33. The molecule has 1 aliphatic heterocycles. The Morgan fingerprint density at radius 2 is 1.88 bits per heavy atom. The number of carbonyl (C=O) groups is 1. The quantitative estimate of drug-likeness (QED) is 0.565. The molecular formula is C26H34ClN3O2. The Hall–Kier alpha value is -2.40. The highest BCUT2D eigenvalue weighted by molar-refractivity contribution is 6.34. The van der Waals surface area contributed by atoms with Gasteiger partial charge in [0.05, 0.1) is 16.8 Å². The topological polar surface area (TPSA) is 44.8 Å². The van der Waals surface area contributed by atoms with E-state index in [9.17, 15) is 4.79 Å². The third kappa shape index (κ3) is 4.98. The Kier molecular flexibility index (Phi) is 6.85. The molecule has 0 unspecified atom stereocenters. The molecular weight excluding hydrogens is 422 g/mol. The zero-order chi connectivity index (χ0) is 22.8. The SMILES string of the molecule is Cc1ccc(C)c(NC(=O)N(C)CC2CC(Oc3ccc(N4CCCC4)c(Cl)c3C)C2)c1. The summed E-state index contributed by atoms with van der Waals surface area (Å²) in [5.41, 5.74) is 5.22. The second-order valence-electron chi connectivity index (χ2n) is 9.42. The maximum atomic E-state index is 12.6. The largest absolute Gasteiger partial charge is 0.490 e. The van der Waals surface area contributed by atoms with Gasteiger partial charge in [0.15, 0.2) is 0 Å². The van der Waals surface area contributed by atoms with Crippen molar-refractivity contribution in [2.75, 3.05) is 36.9 Å². The summed E-state index contributed by atoms with van der Waals surface area (Å²) in [5, 5.41) is 3.84. The lowest BCUT2D eigenvalue weighted by Crippen LogP contribution is -2.43. The number of nitrogens with one attached hydrogen (secondary N) is 1. The molecule has 2 aromatic rings. The molecule has 1 saturated carbocycles. The van der Waals surface area contributed by atoms with Crippen LogP contribution in [0.4, 0.5) is 16.2 Å². The maximum Gasteiger partial charge on any atom is 0.321 e. The highest BCUT2D eigenvalue weighted by Crippen LogP contribution is 2.39. The van der Waals surface area contributed by atoms with Crippen molar-refractivity contribution in [2.45, 2.75) is 52.6 Å². The number of halogens is 1. The monoisotopic (exact) mass is 455 g/mol. The molecule has 0 radical (unpaired) electrons. The molecule has 0 bridgehead atoms. The van der Waals surface area contributed by atoms with Crippen molar-refractivity contribution in [3.8, 4) is 5.75 Å². The molecule has 0 spiro atoms. The summed E-state index contributed by atoms with van der Waals surface area (Å²) in [6.07, 6.45) is 4.54. The van der Waals surface area contributed by atoms with Crippen molar-refractivity contribution in [1.29, 1.82) is 0 Å². The second kappa shape index (κ2) is 9.62. The van der Waals surface area contributed by atoms with Gasteiger partial charge in [0.25, 0.3) is 0 Å². The fourth-order valence-corrected chi connectivity index (χ4v) is 4.91.